The highest BCUT2D eigenvalue weighted by molar-refractivity contribution is 5.53. The van der Waals surface area contributed by atoms with Crippen LogP contribution in [0.3, 0.4) is 0 Å². The van der Waals surface area contributed by atoms with Gasteiger partial charge in [-0.3, -0.25) is 0 Å². The van der Waals surface area contributed by atoms with Crippen molar-refractivity contribution >= 4 is 6.29 Å². The van der Waals surface area contributed by atoms with Crippen LogP contribution < -0.4 is 0 Å². The molecular weight excluding hydrogens is 118 g/mol. The third-order valence-electron chi connectivity index (χ3n) is 1.69. The predicted molar refractivity (Wildman–Crippen MR) is 33.7 cm³/mol. The van der Waals surface area contributed by atoms with E-state index in [1.165, 1.54) is 0 Å². The Balaban J connectivity index is 2.26. The number of rotatable bonds is 1. The number of aldehydes is 1. The fourth-order valence-electron chi connectivity index (χ4n) is 1.01. The van der Waals surface area contributed by atoms with E-state index in [0.29, 0.717) is 13.1 Å². The summed E-state index contributed by atoms with van der Waals surface area (Å²) in [5, 5.41) is 11.5. The molecule has 0 amide bonds. The van der Waals surface area contributed by atoms with Gasteiger partial charge in [-0.25, -0.2) is 0 Å². The van der Waals surface area contributed by atoms with E-state index in [9.17, 15) is 10.0 Å². The van der Waals surface area contributed by atoms with E-state index in [4.69, 9.17) is 0 Å². The van der Waals surface area contributed by atoms with Crippen LogP contribution in [-0.4, -0.2) is 24.4 Å². The highest BCUT2D eigenvalue weighted by atomic mass is 16.5. The summed E-state index contributed by atoms with van der Waals surface area (Å²) in [4.78, 5) is 10.1. The lowest BCUT2D eigenvalue weighted by Crippen LogP contribution is -2.29. The van der Waals surface area contributed by atoms with Crippen molar-refractivity contribution in [3.05, 3.63) is 5.21 Å². The van der Waals surface area contributed by atoms with Crippen LogP contribution in [0.15, 0.2) is 0 Å². The highest BCUT2D eigenvalue weighted by Crippen LogP contribution is 2.12. The summed E-state index contributed by atoms with van der Waals surface area (Å²) in [5.74, 6) is 0.148. The fraction of sp³-hybridized carbons (Fsp3) is 0.833. The van der Waals surface area contributed by atoms with Crippen molar-refractivity contribution in [2.45, 2.75) is 12.8 Å². The van der Waals surface area contributed by atoms with E-state index in [-0.39, 0.29) is 5.92 Å². The van der Waals surface area contributed by atoms with Gasteiger partial charge in [0.2, 0.25) is 0 Å². The molecule has 1 aliphatic rings. The molecule has 1 saturated heterocycles. The zero-order valence-electron chi connectivity index (χ0n) is 5.25. The Hall–Kier alpha value is -0.410. The smallest absolute Gasteiger partial charge is 0.123 e. The molecule has 52 valence electrons. The van der Waals surface area contributed by atoms with E-state index in [1.807, 2.05) is 0 Å². The first-order valence-corrected chi connectivity index (χ1v) is 3.20. The summed E-state index contributed by atoms with van der Waals surface area (Å²) in [7, 11) is 0. The summed E-state index contributed by atoms with van der Waals surface area (Å²) in [5.41, 5.74) is 0. The van der Waals surface area contributed by atoms with Crippen LogP contribution in [0, 0.1) is 11.1 Å². The quantitative estimate of drug-likeness (QED) is 0.480. The van der Waals surface area contributed by atoms with Gasteiger partial charge in [0, 0.05) is 5.92 Å². The molecule has 0 aromatic heterocycles. The molecule has 1 heterocycles. The second-order valence-corrected chi connectivity index (χ2v) is 2.40. The lowest BCUT2D eigenvalue weighted by atomic mass is 10.0. The van der Waals surface area contributed by atoms with Crippen LogP contribution in [0.4, 0.5) is 0 Å². The van der Waals surface area contributed by atoms with E-state index in [1.54, 1.807) is 0 Å². The van der Waals surface area contributed by atoms with Crippen molar-refractivity contribution in [2.75, 3.05) is 13.1 Å². The predicted octanol–water partition coefficient (Wildman–Crippen LogP) is 0.395. The third kappa shape index (κ3) is 1.77. The van der Waals surface area contributed by atoms with Gasteiger partial charge in [-0.2, -0.15) is 0 Å². The van der Waals surface area contributed by atoms with Gasteiger partial charge in [0.1, 0.15) is 6.29 Å². The molecule has 0 saturated carbocycles. The molecule has 0 bridgehead atoms. The third-order valence-corrected chi connectivity index (χ3v) is 1.69. The van der Waals surface area contributed by atoms with Crippen LogP contribution in [0.5, 0.6) is 0 Å². The summed E-state index contributed by atoms with van der Waals surface area (Å²) in [6.45, 7) is 1.06. The minimum atomic E-state index is 0.148. The van der Waals surface area contributed by atoms with Crippen molar-refractivity contribution < 1.29 is 4.79 Å². The number of hydrogen-bond acceptors (Lipinski definition) is 3. The summed E-state index contributed by atoms with van der Waals surface area (Å²) < 4.78 is 0. The second-order valence-electron chi connectivity index (χ2n) is 2.40. The average Bonchev–Trinajstić information content (AvgIpc) is 1.90. The first-order valence-electron chi connectivity index (χ1n) is 3.20. The minimum Gasteiger partial charge on any atom is -0.785 e. The molecule has 0 N–H and O–H groups in total. The Labute approximate surface area is 54.2 Å². The van der Waals surface area contributed by atoms with Gasteiger partial charge in [-0.15, -0.1) is 0 Å². The first-order chi connectivity index (χ1) is 4.33. The van der Waals surface area contributed by atoms with Crippen molar-refractivity contribution in [2.24, 2.45) is 5.92 Å². The summed E-state index contributed by atoms with van der Waals surface area (Å²) >= 11 is 0. The van der Waals surface area contributed by atoms with Gasteiger partial charge in [0.25, 0.3) is 0 Å². The van der Waals surface area contributed by atoms with Crippen molar-refractivity contribution in [3.8, 4) is 0 Å². The molecule has 0 aliphatic carbocycles. The Morgan fingerprint density at radius 2 is 2.00 bits per heavy atom. The second kappa shape index (κ2) is 2.94. The molecule has 3 heteroatoms. The zero-order valence-corrected chi connectivity index (χ0v) is 5.25. The van der Waals surface area contributed by atoms with Crippen LogP contribution >= 0.6 is 0 Å². The Morgan fingerprint density at radius 3 is 2.44 bits per heavy atom. The molecule has 1 rings (SSSR count). The molecule has 0 spiro atoms. The molecule has 0 radical (unpaired) electrons. The van der Waals surface area contributed by atoms with Crippen molar-refractivity contribution in [3.63, 3.8) is 0 Å². The van der Waals surface area contributed by atoms with Gasteiger partial charge >= 0.3 is 0 Å². The number of carbonyl (C=O) groups excluding carboxylic acids is 1. The van der Waals surface area contributed by atoms with Gasteiger partial charge in [-0.1, -0.05) is 0 Å². The normalized spacial score (nSPS) is 24.1. The average molecular weight is 128 g/mol. The Bertz CT molecular complexity index is 97.2. The van der Waals surface area contributed by atoms with Gasteiger partial charge in [0.05, 0.1) is 0 Å². The molecule has 0 unspecified atom stereocenters. The SMILES string of the molecule is O=CC1CCN([O-])CC1. The van der Waals surface area contributed by atoms with Crippen molar-refractivity contribution in [1.82, 2.24) is 5.06 Å². The van der Waals surface area contributed by atoms with E-state index in [0.717, 1.165) is 24.2 Å². The molecule has 1 aliphatic heterocycles. The zero-order chi connectivity index (χ0) is 6.69. The first kappa shape index (κ1) is 6.71. The molecule has 1 fully saturated rings. The molecule has 3 nitrogen and oxygen atoms in total. The molecule has 0 aromatic carbocycles. The molecule has 0 atom stereocenters. The maximum absolute atomic E-state index is 10.5. The Morgan fingerprint density at radius 1 is 1.44 bits per heavy atom. The fourth-order valence-corrected chi connectivity index (χ4v) is 1.01. The topological polar surface area (TPSA) is 43.4 Å². The Kier molecular flexibility index (Phi) is 2.19. The van der Waals surface area contributed by atoms with Gasteiger partial charge in [0.15, 0.2) is 0 Å². The number of carbonyl (C=O) groups is 1. The maximum Gasteiger partial charge on any atom is 0.123 e. The van der Waals surface area contributed by atoms with Gasteiger partial charge < -0.3 is 15.1 Å². The van der Waals surface area contributed by atoms with Crippen LogP contribution in [-0.2, 0) is 4.79 Å². The van der Waals surface area contributed by atoms with Crippen molar-refractivity contribution in [1.29, 1.82) is 0 Å². The maximum atomic E-state index is 10.5. The summed E-state index contributed by atoms with van der Waals surface area (Å²) in [6.07, 6.45) is 2.44. The van der Waals surface area contributed by atoms with E-state index >= 15 is 0 Å². The summed E-state index contributed by atoms with van der Waals surface area (Å²) in [6, 6.07) is 0. The number of hydroxylamine groups is 2. The van der Waals surface area contributed by atoms with E-state index in [2.05, 4.69) is 0 Å². The molecular formula is C6H10NO2-. The standard InChI is InChI=1S/C6H10NO2/c8-5-6-1-3-7(9)4-2-6/h5-6H,1-4H2/q-1. The highest BCUT2D eigenvalue weighted by Gasteiger charge is 2.12. The monoisotopic (exact) mass is 128 g/mol. The van der Waals surface area contributed by atoms with Crippen LogP contribution in [0.25, 0.3) is 0 Å². The molecule has 9 heavy (non-hydrogen) atoms. The molecule has 0 aromatic rings. The number of hydrogen-bond donors (Lipinski definition) is 0. The number of piperidine rings is 1. The number of nitrogens with zero attached hydrogens (tertiary/aromatic N) is 1. The lowest BCUT2D eigenvalue weighted by molar-refractivity contribution is -0.112. The van der Waals surface area contributed by atoms with E-state index < -0.39 is 0 Å². The minimum absolute atomic E-state index is 0.148. The van der Waals surface area contributed by atoms with Crippen LogP contribution in [0.1, 0.15) is 12.8 Å². The largest absolute Gasteiger partial charge is 0.785 e. The lowest BCUT2D eigenvalue weighted by Gasteiger charge is -2.34. The van der Waals surface area contributed by atoms with Crippen LogP contribution in [0.2, 0.25) is 0 Å². The van der Waals surface area contributed by atoms with Gasteiger partial charge in [-0.05, 0) is 25.9 Å².